The van der Waals surface area contributed by atoms with Gasteiger partial charge in [-0.2, -0.15) is 0 Å². The molecular weight excluding hydrogens is 308 g/mol. The van der Waals surface area contributed by atoms with Crippen LogP contribution in [0.5, 0.6) is 5.75 Å². The van der Waals surface area contributed by atoms with Crippen LogP contribution in [0.15, 0.2) is 35.4 Å². The van der Waals surface area contributed by atoms with Crippen LogP contribution < -0.4 is 4.74 Å². The van der Waals surface area contributed by atoms with Crippen LogP contribution in [0.25, 0.3) is 0 Å². The summed E-state index contributed by atoms with van der Waals surface area (Å²) < 4.78 is 5.58. The topological polar surface area (TPSA) is 26.3 Å². The van der Waals surface area contributed by atoms with Crippen LogP contribution in [0.2, 0.25) is 0 Å². The van der Waals surface area contributed by atoms with Crippen LogP contribution in [0.1, 0.15) is 83.6 Å². The van der Waals surface area contributed by atoms with Gasteiger partial charge in [0.2, 0.25) is 0 Å². The fraction of sp³-hybridized carbons (Fsp3) is 0.609. The molecule has 0 heterocycles. The maximum atomic E-state index is 12.2. The molecule has 0 atom stereocenters. The van der Waals surface area contributed by atoms with Gasteiger partial charge < -0.3 is 4.74 Å². The Balaban J connectivity index is 1.50. The first-order valence-electron chi connectivity index (χ1n) is 10.0. The van der Waals surface area contributed by atoms with Crippen LogP contribution in [0.3, 0.4) is 0 Å². The molecule has 2 nitrogen and oxygen atoms in total. The normalized spacial score (nSPS) is 26.0. The van der Waals surface area contributed by atoms with Crippen LogP contribution in [0, 0.1) is 11.8 Å². The summed E-state index contributed by atoms with van der Waals surface area (Å²) >= 11 is 0. The Morgan fingerprint density at radius 2 is 1.68 bits per heavy atom. The first-order valence-corrected chi connectivity index (χ1v) is 10.0. The molecule has 25 heavy (non-hydrogen) atoms. The van der Waals surface area contributed by atoms with E-state index >= 15 is 0 Å². The summed E-state index contributed by atoms with van der Waals surface area (Å²) in [5, 5.41) is 0. The Morgan fingerprint density at radius 1 is 1.04 bits per heavy atom. The van der Waals surface area contributed by atoms with Gasteiger partial charge in [-0.3, -0.25) is 4.79 Å². The van der Waals surface area contributed by atoms with E-state index < -0.39 is 0 Å². The first kappa shape index (κ1) is 18.2. The van der Waals surface area contributed by atoms with Crippen LogP contribution in [-0.2, 0) is 4.79 Å². The van der Waals surface area contributed by atoms with Crippen molar-refractivity contribution in [3.8, 4) is 5.75 Å². The smallest absolute Gasteiger partial charge is 0.314 e. The number of carbonyl (C=O) groups excluding carboxylic acids is 1. The van der Waals surface area contributed by atoms with Gasteiger partial charge in [0, 0.05) is 0 Å². The molecule has 0 aliphatic heterocycles. The molecule has 2 saturated carbocycles. The van der Waals surface area contributed by atoms with Crippen molar-refractivity contribution in [3.63, 3.8) is 0 Å². The predicted octanol–water partition coefficient (Wildman–Crippen LogP) is 6.41. The highest BCUT2D eigenvalue weighted by Gasteiger charge is 2.32. The molecular formula is C23H32O2. The van der Waals surface area contributed by atoms with E-state index in [1.165, 1.54) is 55.2 Å². The summed E-state index contributed by atoms with van der Waals surface area (Å²) in [5.41, 5.74) is 4.17. The van der Waals surface area contributed by atoms with E-state index in [-0.39, 0.29) is 11.9 Å². The second-order valence-electron chi connectivity index (χ2n) is 8.21. The molecule has 0 spiro atoms. The van der Waals surface area contributed by atoms with Gasteiger partial charge in [-0.1, -0.05) is 43.0 Å². The van der Waals surface area contributed by atoms with Crippen LogP contribution in [-0.4, -0.2) is 5.97 Å². The van der Waals surface area contributed by atoms with Gasteiger partial charge in [0.05, 0.1) is 5.92 Å². The fourth-order valence-corrected chi connectivity index (χ4v) is 4.31. The van der Waals surface area contributed by atoms with Crippen molar-refractivity contribution in [2.24, 2.45) is 11.8 Å². The average Bonchev–Trinajstić information content (AvgIpc) is 2.55. The van der Waals surface area contributed by atoms with Gasteiger partial charge in [0.1, 0.15) is 5.75 Å². The van der Waals surface area contributed by atoms with Gasteiger partial charge in [0.25, 0.3) is 0 Å². The summed E-state index contributed by atoms with van der Waals surface area (Å²) in [6.45, 7) is 6.52. The Kier molecular flexibility index (Phi) is 5.98. The van der Waals surface area contributed by atoms with Gasteiger partial charge in [0.15, 0.2) is 0 Å². The van der Waals surface area contributed by atoms with Crippen molar-refractivity contribution in [1.29, 1.82) is 0 Å². The van der Waals surface area contributed by atoms with Crippen molar-refractivity contribution in [3.05, 3.63) is 41.0 Å². The Hall–Kier alpha value is -1.57. The standard InChI is InChI=1S/C23H32O2/c1-4-5-17-6-8-18(9-7-17)19-10-12-22(13-11-19)25-23(24)21-14-20(15-21)16(2)3/h10-13,17-18,21H,4-9,14-15H2,1-3H3. The SMILES string of the molecule is CCCC1CCC(c2ccc(OC(=O)C3CC(=C(C)C)C3)cc2)CC1. The van der Waals surface area contributed by atoms with E-state index in [1.807, 2.05) is 12.1 Å². The molecule has 0 saturated heterocycles. The highest BCUT2D eigenvalue weighted by molar-refractivity contribution is 5.77. The van der Waals surface area contributed by atoms with Gasteiger partial charge in [-0.05, 0) is 81.9 Å². The zero-order valence-corrected chi connectivity index (χ0v) is 16.0. The molecule has 2 aliphatic carbocycles. The van der Waals surface area contributed by atoms with E-state index in [4.69, 9.17) is 4.74 Å². The number of rotatable bonds is 5. The van der Waals surface area contributed by atoms with Gasteiger partial charge in [-0.25, -0.2) is 0 Å². The minimum Gasteiger partial charge on any atom is -0.426 e. The molecule has 136 valence electrons. The molecule has 0 radical (unpaired) electrons. The predicted molar refractivity (Wildman–Crippen MR) is 103 cm³/mol. The quantitative estimate of drug-likeness (QED) is 0.351. The Morgan fingerprint density at radius 3 is 2.24 bits per heavy atom. The fourth-order valence-electron chi connectivity index (χ4n) is 4.31. The number of hydrogen-bond donors (Lipinski definition) is 0. The molecule has 2 heteroatoms. The van der Waals surface area contributed by atoms with Crippen LogP contribution >= 0.6 is 0 Å². The lowest BCUT2D eigenvalue weighted by atomic mass is 9.77. The third-order valence-corrected chi connectivity index (χ3v) is 6.14. The van der Waals surface area contributed by atoms with E-state index in [9.17, 15) is 4.79 Å². The number of ether oxygens (including phenoxy) is 1. The lowest BCUT2D eigenvalue weighted by Gasteiger charge is -2.29. The Bertz CT molecular complexity index is 606. The van der Waals surface area contributed by atoms with E-state index in [1.54, 1.807) is 0 Å². The van der Waals surface area contributed by atoms with Crippen LogP contribution in [0.4, 0.5) is 0 Å². The largest absolute Gasteiger partial charge is 0.426 e. The maximum Gasteiger partial charge on any atom is 0.314 e. The average molecular weight is 341 g/mol. The molecule has 2 aliphatic rings. The summed E-state index contributed by atoms with van der Waals surface area (Å²) in [5.74, 6) is 2.30. The van der Waals surface area contributed by atoms with Crippen molar-refractivity contribution in [1.82, 2.24) is 0 Å². The minimum absolute atomic E-state index is 0.0541. The third-order valence-electron chi connectivity index (χ3n) is 6.14. The first-order chi connectivity index (χ1) is 12.1. The summed E-state index contributed by atoms with van der Waals surface area (Å²) in [4.78, 5) is 12.2. The zero-order valence-electron chi connectivity index (χ0n) is 16.0. The van der Waals surface area contributed by atoms with E-state index in [2.05, 4.69) is 32.9 Å². The lowest BCUT2D eigenvalue weighted by molar-refractivity contribution is -0.140. The highest BCUT2D eigenvalue weighted by atomic mass is 16.5. The second kappa shape index (κ2) is 8.21. The lowest BCUT2D eigenvalue weighted by Crippen LogP contribution is -2.28. The number of hydrogen-bond acceptors (Lipinski definition) is 2. The Labute approximate surface area is 152 Å². The molecule has 1 aromatic carbocycles. The number of benzene rings is 1. The summed E-state index contributed by atoms with van der Waals surface area (Å²) in [6, 6.07) is 8.28. The van der Waals surface area contributed by atoms with E-state index in [0.29, 0.717) is 11.7 Å². The molecule has 0 amide bonds. The number of esters is 1. The van der Waals surface area contributed by atoms with Gasteiger partial charge >= 0.3 is 5.97 Å². The second-order valence-corrected chi connectivity index (χ2v) is 8.21. The molecule has 0 aromatic heterocycles. The van der Waals surface area contributed by atoms with Crippen molar-refractivity contribution in [2.75, 3.05) is 0 Å². The van der Waals surface area contributed by atoms with Crippen molar-refractivity contribution < 1.29 is 9.53 Å². The minimum atomic E-state index is -0.0715. The van der Waals surface area contributed by atoms with E-state index in [0.717, 1.165) is 18.8 Å². The number of allylic oxidation sites excluding steroid dienone is 2. The van der Waals surface area contributed by atoms with Crippen molar-refractivity contribution in [2.45, 2.75) is 78.1 Å². The maximum absolute atomic E-state index is 12.2. The molecule has 0 unspecified atom stereocenters. The molecule has 1 aromatic rings. The summed E-state index contributed by atoms with van der Waals surface area (Å²) in [7, 11) is 0. The molecule has 3 rings (SSSR count). The third kappa shape index (κ3) is 4.54. The zero-order chi connectivity index (χ0) is 17.8. The molecule has 0 bridgehead atoms. The number of carbonyl (C=O) groups is 1. The highest BCUT2D eigenvalue weighted by Crippen LogP contribution is 2.38. The monoisotopic (exact) mass is 340 g/mol. The molecule has 0 N–H and O–H groups in total. The molecule has 2 fully saturated rings. The summed E-state index contributed by atoms with van der Waals surface area (Å²) in [6.07, 6.45) is 9.78. The van der Waals surface area contributed by atoms with Crippen molar-refractivity contribution >= 4 is 5.97 Å². The van der Waals surface area contributed by atoms with Gasteiger partial charge in [-0.15, -0.1) is 0 Å².